The van der Waals surface area contributed by atoms with Crippen molar-refractivity contribution in [3.63, 3.8) is 0 Å². The Balaban J connectivity index is 3.13. The van der Waals surface area contributed by atoms with Gasteiger partial charge in [-0.15, -0.1) is 0 Å². The molecule has 0 spiro atoms. The van der Waals surface area contributed by atoms with Crippen LogP contribution >= 0.6 is 0 Å². The van der Waals surface area contributed by atoms with Crippen molar-refractivity contribution in [2.24, 2.45) is 0 Å². The second-order valence-electron chi connectivity index (χ2n) is 3.05. The third-order valence-corrected chi connectivity index (χ3v) is 2.01. The molecule has 0 fully saturated rings. The molecule has 0 amide bonds. The van der Waals surface area contributed by atoms with Crippen LogP contribution in [0.15, 0.2) is 18.2 Å². The summed E-state index contributed by atoms with van der Waals surface area (Å²) >= 11 is 0. The van der Waals surface area contributed by atoms with E-state index in [1.807, 2.05) is 0 Å². The molecule has 1 aromatic carbocycles. The largest absolute Gasteiger partial charge is 0.493 e. The molecule has 0 radical (unpaired) electrons. The summed E-state index contributed by atoms with van der Waals surface area (Å²) in [4.78, 5) is 11.4. The number of rotatable bonds is 4. The maximum atomic E-state index is 11.4. The van der Waals surface area contributed by atoms with Gasteiger partial charge in [-0.2, -0.15) is 0 Å². The van der Waals surface area contributed by atoms with Crippen molar-refractivity contribution in [1.29, 1.82) is 0 Å². The molecule has 5 nitrogen and oxygen atoms in total. The summed E-state index contributed by atoms with van der Waals surface area (Å²) in [5, 5.41) is 18.0. The molecule has 0 heterocycles. The van der Waals surface area contributed by atoms with Gasteiger partial charge >= 0.3 is 13.1 Å². The quantitative estimate of drug-likeness (QED) is 0.535. The smallest absolute Gasteiger partial charge is 0.488 e. The Morgan fingerprint density at radius 1 is 1.44 bits per heavy atom. The fraction of sp³-hybridized carbons (Fsp3) is 0.300. The first kappa shape index (κ1) is 12.5. The molecule has 0 aliphatic carbocycles. The molecule has 1 aromatic rings. The first-order chi connectivity index (χ1) is 7.60. The normalized spacial score (nSPS) is 9.75. The topological polar surface area (TPSA) is 76.0 Å². The van der Waals surface area contributed by atoms with Crippen molar-refractivity contribution in [1.82, 2.24) is 0 Å². The van der Waals surface area contributed by atoms with E-state index in [9.17, 15) is 4.79 Å². The summed E-state index contributed by atoms with van der Waals surface area (Å²) in [5.74, 6) is -0.248. The Bertz CT molecular complexity index is 377. The molecule has 6 heteroatoms. The minimum absolute atomic E-state index is 0.258. The van der Waals surface area contributed by atoms with Crippen molar-refractivity contribution < 1.29 is 24.3 Å². The van der Waals surface area contributed by atoms with Gasteiger partial charge in [-0.05, 0) is 24.5 Å². The number of ether oxygens (including phenoxy) is 2. The Hall–Kier alpha value is -1.53. The highest BCUT2D eigenvalue weighted by Crippen LogP contribution is 2.17. The average molecular weight is 224 g/mol. The van der Waals surface area contributed by atoms with Crippen LogP contribution in [0.4, 0.5) is 0 Å². The third kappa shape index (κ3) is 2.74. The Labute approximate surface area is 93.8 Å². The summed E-state index contributed by atoms with van der Waals surface area (Å²) in [7, 11) is -0.321. The summed E-state index contributed by atoms with van der Waals surface area (Å²) < 4.78 is 9.81. The van der Waals surface area contributed by atoms with Crippen LogP contribution in [0.2, 0.25) is 0 Å². The van der Waals surface area contributed by atoms with E-state index in [4.69, 9.17) is 14.8 Å². The number of carbonyl (C=O) groups excluding carboxylic acids is 1. The van der Waals surface area contributed by atoms with Crippen molar-refractivity contribution >= 4 is 18.6 Å². The molecular weight excluding hydrogens is 211 g/mol. The summed E-state index contributed by atoms with van der Waals surface area (Å²) in [6.45, 7) is 2.14. The van der Waals surface area contributed by atoms with Gasteiger partial charge in [0.25, 0.3) is 0 Å². The van der Waals surface area contributed by atoms with Crippen LogP contribution in [0.25, 0.3) is 0 Å². The fourth-order valence-electron chi connectivity index (χ4n) is 1.25. The lowest BCUT2D eigenvalue weighted by Gasteiger charge is -2.10. The number of hydrogen-bond donors (Lipinski definition) is 2. The van der Waals surface area contributed by atoms with Crippen LogP contribution in [0.3, 0.4) is 0 Å². The zero-order chi connectivity index (χ0) is 12.1. The van der Waals surface area contributed by atoms with Crippen LogP contribution in [-0.4, -0.2) is 36.9 Å². The standard InChI is InChI=1S/C10H13BO5/c1-3-16-9-6-7(11(13)14)4-5-8(9)10(12)15-2/h4-6,13-14H,3H2,1-2H3. The van der Waals surface area contributed by atoms with Gasteiger partial charge in [-0.1, -0.05) is 6.07 Å². The van der Waals surface area contributed by atoms with E-state index in [0.29, 0.717) is 6.61 Å². The lowest BCUT2D eigenvalue weighted by atomic mass is 9.80. The lowest BCUT2D eigenvalue weighted by Crippen LogP contribution is -2.30. The van der Waals surface area contributed by atoms with Gasteiger partial charge in [0.1, 0.15) is 11.3 Å². The minimum atomic E-state index is -1.59. The van der Waals surface area contributed by atoms with Crippen LogP contribution < -0.4 is 10.2 Å². The van der Waals surface area contributed by atoms with E-state index < -0.39 is 13.1 Å². The summed E-state index contributed by atoms with van der Waals surface area (Å²) in [5.41, 5.74) is 0.518. The van der Waals surface area contributed by atoms with Gasteiger partial charge in [0, 0.05) is 0 Å². The van der Waals surface area contributed by atoms with E-state index in [2.05, 4.69) is 4.74 Å². The maximum absolute atomic E-state index is 11.4. The van der Waals surface area contributed by atoms with Gasteiger partial charge in [-0.25, -0.2) is 4.79 Å². The zero-order valence-electron chi connectivity index (χ0n) is 9.14. The molecule has 0 aromatic heterocycles. The monoisotopic (exact) mass is 224 g/mol. The molecule has 86 valence electrons. The molecular formula is C10H13BO5. The molecule has 0 atom stereocenters. The van der Waals surface area contributed by atoms with E-state index in [-0.39, 0.29) is 16.8 Å². The molecule has 0 saturated carbocycles. The van der Waals surface area contributed by atoms with Gasteiger partial charge in [-0.3, -0.25) is 0 Å². The lowest BCUT2D eigenvalue weighted by molar-refractivity contribution is 0.0596. The van der Waals surface area contributed by atoms with Crippen molar-refractivity contribution in [2.75, 3.05) is 13.7 Å². The molecule has 1 rings (SSSR count). The predicted octanol–water partition coefficient (Wildman–Crippen LogP) is -0.448. The maximum Gasteiger partial charge on any atom is 0.488 e. The molecule has 16 heavy (non-hydrogen) atoms. The van der Waals surface area contributed by atoms with Gasteiger partial charge in [0.05, 0.1) is 13.7 Å². The highest BCUT2D eigenvalue weighted by Gasteiger charge is 2.18. The minimum Gasteiger partial charge on any atom is -0.493 e. The highest BCUT2D eigenvalue weighted by atomic mass is 16.5. The summed E-state index contributed by atoms with van der Waals surface area (Å²) in [6, 6.07) is 4.27. The molecule has 0 saturated heterocycles. The van der Waals surface area contributed by atoms with Crippen LogP contribution in [0.1, 0.15) is 17.3 Å². The Kier molecular flexibility index (Phi) is 4.33. The van der Waals surface area contributed by atoms with E-state index in [1.54, 1.807) is 6.92 Å². The molecule has 0 aliphatic rings. The van der Waals surface area contributed by atoms with E-state index in [1.165, 1.54) is 25.3 Å². The highest BCUT2D eigenvalue weighted by molar-refractivity contribution is 6.58. The van der Waals surface area contributed by atoms with Gasteiger partial charge < -0.3 is 19.5 Å². The number of methoxy groups -OCH3 is 1. The van der Waals surface area contributed by atoms with Gasteiger partial charge in [0.2, 0.25) is 0 Å². The first-order valence-electron chi connectivity index (χ1n) is 4.81. The second-order valence-corrected chi connectivity index (χ2v) is 3.05. The predicted molar refractivity (Wildman–Crippen MR) is 58.8 cm³/mol. The Morgan fingerprint density at radius 3 is 2.62 bits per heavy atom. The van der Waals surface area contributed by atoms with Crippen LogP contribution in [-0.2, 0) is 4.74 Å². The Morgan fingerprint density at radius 2 is 2.12 bits per heavy atom. The molecule has 0 unspecified atom stereocenters. The number of carbonyl (C=O) groups is 1. The SMILES string of the molecule is CCOc1cc(B(O)O)ccc1C(=O)OC. The van der Waals surface area contributed by atoms with Crippen molar-refractivity contribution in [3.8, 4) is 5.75 Å². The van der Waals surface area contributed by atoms with Crippen LogP contribution in [0, 0.1) is 0 Å². The van der Waals surface area contributed by atoms with Crippen LogP contribution in [0.5, 0.6) is 5.75 Å². The number of esters is 1. The molecule has 0 bridgehead atoms. The van der Waals surface area contributed by atoms with E-state index in [0.717, 1.165) is 0 Å². The van der Waals surface area contributed by atoms with Gasteiger partial charge in [0.15, 0.2) is 0 Å². The van der Waals surface area contributed by atoms with Crippen molar-refractivity contribution in [2.45, 2.75) is 6.92 Å². The second kappa shape index (κ2) is 5.53. The molecule has 2 N–H and O–H groups in total. The average Bonchev–Trinajstić information content (AvgIpc) is 2.28. The number of hydrogen-bond acceptors (Lipinski definition) is 5. The molecule has 0 aliphatic heterocycles. The zero-order valence-corrected chi connectivity index (χ0v) is 9.14. The summed E-state index contributed by atoms with van der Waals surface area (Å²) in [6.07, 6.45) is 0. The fourth-order valence-corrected chi connectivity index (χ4v) is 1.25. The third-order valence-electron chi connectivity index (χ3n) is 2.01. The van der Waals surface area contributed by atoms with Crippen molar-refractivity contribution in [3.05, 3.63) is 23.8 Å². The first-order valence-corrected chi connectivity index (χ1v) is 4.81. The number of benzene rings is 1. The van der Waals surface area contributed by atoms with E-state index >= 15 is 0 Å².